The van der Waals surface area contributed by atoms with E-state index in [0.717, 1.165) is 0 Å². The molecule has 1 heteroatoms. The molecular weight excluding hydrogens is 98.1 g/mol. The standard InChI is InChI=1S/C7H10N/c1-4-5-6-7-8(2)3/h4-5,7H,1-2H2,3H3/q+1. The van der Waals surface area contributed by atoms with Gasteiger partial charge >= 0.3 is 0 Å². The first-order chi connectivity index (χ1) is 3.77. The molecule has 0 spiro atoms. The highest BCUT2D eigenvalue weighted by atomic mass is 14.9. The summed E-state index contributed by atoms with van der Waals surface area (Å²) >= 11 is 0. The molecule has 0 saturated heterocycles. The van der Waals surface area contributed by atoms with Crippen LogP contribution in [-0.2, 0) is 0 Å². The van der Waals surface area contributed by atoms with Crippen molar-refractivity contribution in [2.75, 3.05) is 7.05 Å². The smallest absolute Gasteiger partial charge is 0.208 e. The van der Waals surface area contributed by atoms with Gasteiger partial charge in [-0.05, 0) is 6.08 Å². The Morgan fingerprint density at radius 1 is 1.62 bits per heavy atom. The molecule has 0 bridgehead atoms. The molecule has 0 aromatic rings. The van der Waals surface area contributed by atoms with Crippen LogP contribution in [0.15, 0.2) is 30.7 Å². The monoisotopic (exact) mass is 108 g/mol. The Morgan fingerprint density at radius 3 is 2.62 bits per heavy atom. The minimum Gasteiger partial charge on any atom is -0.208 e. The lowest BCUT2D eigenvalue weighted by Crippen LogP contribution is -1.85. The number of nitrogens with zero attached hydrogens (tertiary/aromatic N) is 1. The molecule has 0 aromatic carbocycles. The van der Waals surface area contributed by atoms with Gasteiger partial charge in [0, 0.05) is 0 Å². The minimum absolute atomic E-state index is 1.67. The predicted octanol–water partition coefficient (Wildman–Crippen LogP) is 1.18. The van der Waals surface area contributed by atoms with Crippen LogP contribution >= 0.6 is 0 Å². The summed E-state index contributed by atoms with van der Waals surface area (Å²) < 4.78 is 1.67. The first-order valence-corrected chi connectivity index (χ1v) is 2.34. The van der Waals surface area contributed by atoms with Crippen LogP contribution in [0, 0.1) is 0 Å². The Labute approximate surface area is 50.0 Å². The van der Waals surface area contributed by atoms with Crippen molar-refractivity contribution in [3.8, 4) is 0 Å². The van der Waals surface area contributed by atoms with Gasteiger partial charge in [-0.25, -0.2) is 4.58 Å². The van der Waals surface area contributed by atoms with E-state index in [4.69, 9.17) is 0 Å². The molecule has 0 heterocycles. The Morgan fingerprint density at radius 2 is 2.25 bits per heavy atom. The molecule has 8 heavy (non-hydrogen) atoms. The summed E-state index contributed by atoms with van der Waals surface area (Å²) in [6, 6.07) is 0. The van der Waals surface area contributed by atoms with E-state index in [1.807, 2.05) is 7.05 Å². The molecule has 0 aromatic heterocycles. The molecule has 0 radical (unpaired) electrons. The summed E-state index contributed by atoms with van der Waals surface area (Å²) in [5.41, 5.74) is 2.83. The normalized spacial score (nSPS) is 6.62. The lowest BCUT2D eigenvalue weighted by atomic mass is 10.6. The number of allylic oxidation sites excluding steroid dienone is 2. The summed E-state index contributed by atoms with van der Waals surface area (Å²) in [6.07, 6.45) is 5.11. The van der Waals surface area contributed by atoms with Gasteiger partial charge in [0.15, 0.2) is 0 Å². The van der Waals surface area contributed by atoms with Crippen molar-refractivity contribution in [1.29, 1.82) is 0 Å². The van der Waals surface area contributed by atoms with Crippen molar-refractivity contribution in [3.63, 3.8) is 0 Å². The second-order valence-corrected chi connectivity index (χ2v) is 1.46. The van der Waals surface area contributed by atoms with Crippen molar-refractivity contribution in [3.05, 3.63) is 30.7 Å². The predicted molar refractivity (Wildman–Crippen MR) is 36.2 cm³/mol. The van der Waals surface area contributed by atoms with Crippen molar-refractivity contribution >= 4 is 6.72 Å². The van der Waals surface area contributed by atoms with Gasteiger partial charge in [-0.3, -0.25) is 0 Å². The zero-order chi connectivity index (χ0) is 6.41. The van der Waals surface area contributed by atoms with Crippen LogP contribution in [-0.4, -0.2) is 18.3 Å². The fourth-order valence-electron chi connectivity index (χ4n) is 0.238. The molecule has 1 nitrogen and oxygen atoms in total. The van der Waals surface area contributed by atoms with E-state index in [-0.39, 0.29) is 0 Å². The quantitative estimate of drug-likeness (QED) is 0.216. The summed E-state index contributed by atoms with van der Waals surface area (Å²) in [5.74, 6) is 0. The summed E-state index contributed by atoms with van der Waals surface area (Å²) in [7, 11) is 1.84. The zero-order valence-corrected chi connectivity index (χ0v) is 5.09. The summed E-state index contributed by atoms with van der Waals surface area (Å²) in [5, 5.41) is 0. The Kier molecular flexibility index (Phi) is 3.55. The summed E-state index contributed by atoms with van der Waals surface area (Å²) in [6.45, 7) is 7.05. The molecule has 0 amide bonds. The van der Waals surface area contributed by atoms with Gasteiger partial charge < -0.3 is 0 Å². The van der Waals surface area contributed by atoms with Gasteiger partial charge in [-0.2, -0.15) is 0 Å². The van der Waals surface area contributed by atoms with Crippen molar-refractivity contribution in [2.24, 2.45) is 0 Å². The fraction of sp³-hybridized carbons (Fsp3) is 0.143. The molecular formula is C7H10N+. The third-order valence-corrected chi connectivity index (χ3v) is 0.509. The maximum atomic E-state index is 3.57. The maximum Gasteiger partial charge on any atom is 0.211 e. The van der Waals surface area contributed by atoms with Crippen LogP contribution in [0.5, 0.6) is 0 Å². The van der Waals surface area contributed by atoms with Crippen LogP contribution < -0.4 is 0 Å². The second kappa shape index (κ2) is 4.10. The van der Waals surface area contributed by atoms with Gasteiger partial charge in [-0.1, -0.05) is 18.4 Å². The molecule has 0 saturated carbocycles. The average Bonchev–Trinajstić information content (AvgIpc) is 1.66. The molecule has 42 valence electrons. The van der Waals surface area contributed by atoms with E-state index >= 15 is 0 Å². The van der Waals surface area contributed by atoms with E-state index in [2.05, 4.69) is 19.0 Å². The van der Waals surface area contributed by atoms with Crippen molar-refractivity contribution in [1.82, 2.24) is 0 Å². The molecule has 0 aliphatic rings. The minimum atomic E-state index is 1.67. The van der Waals surface area contributed by atoms with Crippen molar-refractivity contribution < 1.29 is 4.58 Å². The highest BCUT2D eigenvalue weighted by molar-refractivity contribution is 5.15. The number of hydrogen-bond donors (Lipinski definition) is 0. The lowest BCUT2D eigenvalue weighted by molar-refractivity contribution is -0.411. The molecule has 0 aliphatic carbocycles. The van der Waals surface area contributed by atoms with Crippen LogP contribution in [0.3, 0.4) is 0 Å². The van der Waals surface area contributed by atoms with E-state index in [1.54, 1.807) is 22.9 Å². The van der Waals surface area contributed by atoms with Gasteiger partial charge in [0.2, 0.25) is 6.20 Å². The zero-order valence-electron chi connectivity index (χ0n) is 5.09. The van der Waals surface area contributed by atoms with E-state index < -0.39 is 0 Å². The third-order valence-electron chi connectivity index (χ3n) is 0.509. The third kappa shape index (κ3) is 4.93. The average molecular weight is 108 g/mol. The summed E-state index contributed by atoms with van der Waals surface area (Å²) in [4.78, 5) is 0. The molecule has 0 aliphatic heterocycles. The fourth-order valence-corrected chi connectivity index (χ4v) is 0.238. The molecule has 0 unspecified atom stereocenters. The topological polar surface area (TPSA) is 3.01 Å². The Balaban J connectivity index is 3.82. The van der Waals surface area contributed by atoms with E-state index in [1.165, 1.54) is 0 Å². The van der Waals surface area contributed by atoms with Gasteiger partial charge in [0.1, 0.15) is 13.8 Å². The SMILES string of the molecule is C=CC=C=C[N+](=C)C. The second-order valence-electron chi connectivity index (χ2n) is 1.46. The van der Waals surface area contributed by atoms with Gasteiger partial charge in [0.05, 0.1) is 0 Å². The Bertz CT molecular complexity index is 148. The molecule has 0 rings (SSSR count). The Hall–Kier alpha value is -1.07. The van der Waals surface area contributed by atoms with Crippen LogP contribution in [0.4, 0.5) is 0 Å². The number of hydrogen-bond acceptors (Lipinski definition) is 0. The molecule has 0 fully saturated rings. The first-order valence-electron chi connectivity index (χ1n) is 2.34. The van der Waals surface area contributed by atoms with Gasteiger partial charge in [0.25, 0.3) is 0 Å². The van der Waals surface area contributed by atoms with Crippen LogP contribution in [0.2, 0.25) is 0 Å². The van der Waals surface area contributed by atoms with Gasteiger partial charge in [-0.15, -0.1) is 0 Å². The highest BCUT2D eigenvalue weighted by Gasteiger charge is 1.69. The highest BCUT2D eigenvalue weighted by Crippen LogP contribution is 1.66. The van der Waals surface area contributed by atoms with Crippen molar-refractivity contribution in [2.45, 2.75) is 0 Å². The first kappa shape index (κ1) is 6.93. The van der Waals surface area contributed by atoms with Crippen LogP contribution in [0.1, 0.15) is 0 Å². The molecule has 0 atom stereocenters. The largest absolute Gasteiger partial charge is 0.211 e. The maximum absolute atomic E-state index is 3.57. The lowest BCUT2D eigenvalue weighted by Gasteiger charge is -1.70. The molecule has 0 N–H and O–H groups in total. The number of rotatable bonds is 2. The van der Waals surface area contributed by atoms with Crippen LogP contribution in [0.25, 0.3) is 0 Å². The van der Waals surface area contributed by atoms with E-state index in [0.29, 0.717) is 0 Å². The van der Waals surface area contributed by atoms with E-state index in [9.17, 15) is 0 Å².